The summed E-state index contributed by atoms with van der Waals surface area (Å²) >= 11 is 0. The van der Waals surface area contributed by atoms with E-state index in [0.29, 0.717) is 19.0 Å². The zero-order valence-corrected chi connectivity index (χ0v) is 11.3. The standard InChI is InChI=1S/C15H17FN4/c1-17-15(20-11-14-7-2-3-8-18-14)19-10-12-5-4-6-13(16)9-12/h2-9H,10-11H2,1H3,(H2,17,19,20). The van der Waals surface area contributed by atoms with Crippen LogP contribution in [-0.4, -0.2) is 18.0 Å². The van der Waals surface area contributed by atoms with Crippen LogP contribution in [0.25, 0.3) is 0 Å². The van der Waals surface area contributed by atoms with Crippen LogP contribution in [0.15, 0.2) is 53.7 Å². The van der Waals surface area contributed by atoms with E-state index in [0.717, 1.165) is 11.3 Å². The third-order valence-corrected chi connectivity index (χ3v) is 2.74. The second kappa shape index (κ2) is 7.23. The Morgan fingerprint density at radius 3 is 2.70 bits per heavy atom. The van der Waals surface area contributed by atoms with Crippen molar-refractivity contribution in [3.63, 3.8) is 0 Å². The van der Waals surface area contributed by atoms with Gasteiger partial charge in [-0.25, -0.2) is 4.39 Å². The summed E-state index contributed by atoms with van der Waals surface area (Å²) in [4.78, 5) is 8.33. The Bertz CT molecular complexity index is 569. The van der Waals surface area contributed by atoms with Crippen molar-refractivity contribution < 1.29 is 4.39 Å². The molecule has 20 heavy (non-hydrogen) atoms. The molecule has 104 valence electrons. The smallest absolute Gasteiger partial charge is 0.191 e. The predicted molar refractivity (Wildman–Crippen MR) is 77.7 cm³/mol. The third kappa shape index (κ3) is 4.35. The lowest BCUT2D eigenvalue weighted by Gasteiger charge is -2.11. The molecule has 1 aromatic heterocycles. The van der Waals surface area contributed by atoms with E-state index in [-0.39, 0.29) is 5.82 Å². The molecule has 0 saturated carbocycles. The van der Waals surface area contributed by atoms with E-state index in [9.17, 15) is 4.39 Å². The first-order valence-corrected chi connectivity index (χ1v) is 6.37. The number of guanidine groups is 1. The van der Waals surface area contributed by atoms with Gasteiger partial charge in [-0.3, -0.25) is 9.98 Å². The molecule has 2 N–H and O–H groups in total. The van der Waals surface area contributed by atoms with Crippen molar-refractivity contribution in [2.24, 2.45) is 4.99 Å². The van der Waals surface area contributed by atoms with Crippen molar-refractivity contribution >= 4 is 5.96 Å². The minimum absolute atomic E-state index is 0.235. The van der Waals surface area contributed by atoms with Gasteiger partial charge >= 0.3 is 0 Å². The third-order valence-electron chi connectivity index (χ3n) is 2.74. The Labute approximate surface area is 117 Å². The average Bonchev–Trinajstić information content (AvgIpc) is 2.48. The van der Waals surface area contributed by atoms with Crippen molar-refractivity contribution in [2.75, 3.05) is 7.05 Å². The lowest BCUT2D eigenvalue weighted by molar-refractivity contribution is 0.624. The molecule has 4 nitrogen and oxygen atoms in total. The van der Waals surface area contributed by atoms with E-state index in [1.165, 1.54) is 12.1 Å². The minimum Gasteiger partial charge on any atom is -0.352 e. The Morgan fingerprint density at radius 2 is 2.00 bits per heavy atom. The van der Waals surface area contributed by atoms with Gasteiger partial charge in [-0.05, 0) is 29.8 Å². The monoisotopic (exact) mass is 272 g/mol. The lowest BCUT2D eigenvalue weighted by Crippen LogP contribution is -2.36. The number of rotatable bonds is 4. The molecule has 1 heterocycles. The topological polar surface area (TPSA) is 49.3 Å². The molecule has 0 bridgehead atoms. The van der Waals surface area contributed by atoms with Gasteiger partial charge in [0.15, 0.2) is 5.96 Å². The van der Waals surface area contributed by atoms with Crippen molar-refractivity contribution in [3.8, 4) is 0 Å². The van der Waals surface area contributed by atoms with E-state index in [1.54, 1.807) is 19.3 Å². The minimum atomic E-state index is -0.235. The second-order valence-electron chi connectivity index (χ2n) is 4.23. The van der Waals surface area contributed by atoms with E-state index in [2.05, 4.69) is 20.6 Å². The van der Waals surface area contributed by atoms with Gasteiger partial charge in [0.1, 0.15) is 5.82 Å². The summed E-state index contributed by atoms with van der Waals surface area (Å²) in [7, 11) is 1.69. The van der Waals surface area contributed by atoms with Gasteiger partial charge in [-0.2, -0.15) is 0 Å². The SMILES string of the molecule is CN=C(NCc1cccc(F)c1)NCc1ccccn1. The molecule has 0 spiro atoms. The number of benzene rings is 1. The largest absolute Gasteiger partial charge is 0.352 e. The number of nitrogens with zero attached hydrogens (tertiary/aromatic N) is 2. The number of hydrogen-bond donors (Lipinski definition) is 2. The molecule has 0 aliphatic rings. The van der Waals surface area contributed by atoms with Crippen LogP contribution in [0.5, 0.6) is 0 Å². The maximum atomic E-state index is 13.1. The maximum Gasteiger partial charge on any atom is 0.191 e. The van der Waals surface area contributed by atoms with E-state index >= 15 is 0 Å². The molecule has 0 unspecified atom stereocenters. The molecular weight excluding hydrogens is 255 g/mol. The first kappa shape index (κ1) is 14.0. The second-order valence-corrected chi connectivity index (χ2v) is 4.23. The Morgan fingerprint density at radius 1 is 1.15 bits per heavy atom. The molecule has 0 amide bonds. The summed E-state index contributed by atoms with van der Waals surface area (Å²) < 4.78 is 13.1. The van der Waals surface area contributed by atoms with Crippen LogP contribution in [0.2, 0.25) is 0 Å². The molecule has 0 saturated heterocycles. The Kier molecular flexibility index (Phi) is 5.06. The summed E-state index contributed by atoms with van der Waals surface area (Å²) in [6, 6.07) is 12.2. The van der Waals surface area contributed by atoms with Gasteiger partial charge < -0.3 is 10.6 Å². The Hall–Kier alpha value is -2.43. The van der Waals surface area contributed by atoms with Crippen molar-refractivity contribution in [3.05, 3.63) is 65.7 Å². The van der Waals surface area contributed by atoms with E-state index in [1.807, 2.05) is 24.3 Å². The maximum absolute atomic E-state index is 13.1. The summed E-state index contributed by atoms with van der Waals surface area (Å²) in [5.74, 6) is 0.417. The van der Waals surface area contributed by atoms with Crippen LogP contribution in [0.1, 0.15) is 11.3 Å². The van der Waals surface area contributed by atoms with Crippen LogP contribution >= 0.6 is 0 Å². The normalized spacial score (nSPS) is 11.2. The highest BCUT2D eigenvalue weighted by atomic mass is 19.1. The van der Waals surface area contributed by atoms with Crippen LogP contribution in [0, 0.1) is 5.82 Å². The van der Waals surface area contributed by atoms with E-state index < -0.39 is 0 Å². The molecular formula is C15H17FN4. The van der Waals surface area contributed by atoms with Crippen LogP contribution in [0.4, 0.5) is 4.39 Å². The predicted octanol–water partition coefficient (Wildman–Crippen LogP) is 2.09. The molecule has 0 aliphatic carbocycles. The number of pyridine rings is 1. The number of hydrogen-bond acceptors (Lipinski definition) is 2. The van der Waals surface area contributed by atoms with Crippen molar-refractivity contribution in [2.45, 2.75) is 13.1 Å². The van der Waals surface area contributed by atoms with Crippen LogP contribution in [0.3, 0.4) is 0 Å². The fourth-order valence-electron chi connectivity index (χ4n) is 1.73. The van der Waals surface area contributed by atoms with Crippen molar-refractivity contribution in [1.82, 2.24) is 15.6 Å². The zero-order valence-electron chi connectivity index (χ0n) is 11.3. The first-order chi connectivity index (χ1) is 9.78. The highest BCUT2D eigenvalue weighted by Gasteiger charge is 2.00. The number of aromatic nitrogens is 1. The summed E-state index contributed by atoms with van der Waals surface area (Å²) in [5, 5.41) is 6.28. The number of nitrogens with one attached hydrogen (secondary N) is 2. The summed E-state index contributed by atoms with van der Waals surface area (Å²) in [6.45, 7) is 1.10. The zero-order chi connectivity index (χ0) is 14.2. The fraction of sp³-hybridized carbons (Fsp3) is 0.200. The fourth-order valence-corrected chi connectivity index (χ4v) is 1.73. The van der Waals surface area contributed by atoms with Crippen molar-refractivity contribution in [1.29, 1.82) is 0 Å². The molecule has 5 heteroatoms. The van der Waals surface area contributed by atoms with Gasteiger partial charge in [-0.1, -0.05) is 18.2 Å². The quantitative estimate of drug-likeness (QED) is 0.662. The molecule has 0 fully saturated rings. The highest BCUT2D eigenvalue weighted by molar-refractivity contribution is 5.79. The molecule has 2 rings (SSSR count). The highest BCUT2D eigenvalue weighted by Crippen LogP contribution is 2.02. The number of aliphatic imine (C=N–C) groups is 1. The lowest BCUT2D eigenvalue weighted by atomic mass is 10.2. The van der Waals surface area contributed by atoms with Crippen LogP contribution in [-0.2, 0) is 13.1 Å². The van der Waals surface area contributed by atoms with Crippen LogP contribution < -0.4 is 10.6 Å². The first-order valence-electron chi connectivity index (χ1n) is 6.37. The summed E-state index contributed by atoms with van der Waals surface area (Å²) in [5.41, 5.74) is 1.80. The molecule has 0 atom stereocenters. The van der Waals surface area contributed by atoms with Gasteiger partial charge in [0.25, 0.3) is 0 Å². The summed E-state index contributed by atoms with van der Waals surface area (Å²) in [6.07, 6.45) is 1.75. The average molecular weight is 272 g/mol. The molecule has 0 aliphatic heterocycles. The van der Waals surface area contributed by atoms with Gasteiger partial charge in [0, 0.05) is 19.8 Å². The molecule has 2 aromatic rings. The van der Waals surface area contributed by atoms with Gasteiger partial charge in [0.2, 0.25) is 0 Å². The van der Waals surface area contributed by atoms with Gasteiger partial charge in [-0.15, -0.1) is 0 Å². The number of halogens is 1. The van der Waals surface area contributed by atoms with E-state index in [4.69, 9.17) is 0 Å². The Balaban J connectivity index is 1.84. The molecule has 0 radical (unpaired) electrons. The van der Waals surface area contributed by atoms with Gasteiger partial charge in [0.05, 0.1) is 12.2 Å². The molecule has 1 aromatic carbocycles.